The molecule has 0 fully saturated rings. The molecule has 0 saturated heterocycles. The van der Waals surface area contributed by atoms with Crippen LogP contribution < -0.4 is 10.1 Å². The Kier molecular flexibility index (Phi) is 9.25. The number of halogens is 2. The molecule has 3 aromatic rings. The Morgan fingerprint density at radius 2 is 2.07 bits per heavy atom. The summed E-state index contributed by atoms with van der Waals surface area (Å²) < 4.78 is 16.9. The molecular weight excluding hydrogens is 623 g/mol. The molecular formula is C18H18I2N3O3PS. The Morgan fingerprint density at radius 1 is 1.18 bits per heavy atom. The van der Waals surface area contributed by atoms with Gasteiger partial charge in [0.15, 0.2) is 0 Å². The number of rotatable bonds is 10. The molecule has 0 radical (unpaired) electrons. The third-order valence-corrected chi connectivity index (χ3v) is 6.09. The maximum atomic E-state index is 5.91. The molecule has 0 saturated carbocycles. The van der Waals surface area contributed by atoms with E-state index in [1.54, 1.807) is 0 Å². The molecule has 0 amide bonds. The molecule has 1 aromatic carbocycles. The highest BCUT2D eigenvalue weighted by atomic mass is 127. The summed E-state index contributed by atoms with van der Waals surface area (Å²) in [6.45, 7) is 1.29. The number of nitrogens with zero attached hydrogens (tertiary/aromatic N) is 2. The van der Waals surface area contributed by atoms with Crippen molar-refractivity contribution < 1.29 is 13.4 Å². The van der Waals surface area contributed by atoms with Gasteiger partial charge in [-0.05, 0) is 58.4 Å². The van der Waals surface area contributed by atoms with E-state index in [2.05, 4.69) is 53.5 Å². The normalized spacial score (nSPS) is 12.5. The molecule has 0 bridgehead atoms. The fourth-order valence-corrected chi connectivity index (χ4v) is 4.50. The lowest BCUT2D eigenvalue weighted by molar-refractivity contribution is 0.107. The van der Waals surface area contributed by atoms with Gasteiger partial charge >= 0.3 is 0 Å². The van der Waals surface area contributed by atoms with Gasteiger partial charge in [-0.2, -0.15) is 0 Å². The van der Waals surface area contributed by atoms with Gasteiger partial charge in [0, 0.05) is 45.4 Å². The molecule has 3 rings (SSSR count). The number of hydrogen-bond acceptors (Lipinski definition) is 7. The summed E-state index contributed by atoms with van der Waals surface area (Å²) >= 11 is 4.29. The minimum atomic E-state index is -0.0956. The molecule has 2 aromatic heterocycles. The van der Waals surface area contributed by atoms with Crippen molar-refractivity contribution in [1.29, 1.82) is 0 Å². The van der Waals surface area contributed by atoms with Crippen LogP contribution in [0.4, 0.5) is 5.82 Å². The number of nitrogens with one attached hydrogen (secondary N) is 1. The van der Waals surface area contributed by atoms with Crippen molar-refractivity contribution in [1.82, 2.24) is 9.97 Å². The highest BCUT2D eigenvalue weighted by Gasteiger charge is 2.11. The third kappa shape index (κ3) is 6.27. The summed E-state index contributed by atoms with van der Waals surface area (Å²) in [4.78, 5) is 9.09. The Labute approximate surface area is 195 Å². The van der Waals surface area contributed by atoms with E-state index in [0.29, 0.717) is 19.7 Å². The standard InChI is InChI=1S/C18H18I2N3O3PS/c1-21-18-7-3-13(9-22-18)17-5-2-12-8-14(4-6-16(12)23-17)24-10-15(26-27-19)11-25-28-20/h2-9,15,27H,10-11H2,1H3,(H,21,22). The monoisotopic (exact) mass is 641 g/mol. The summed E-state index contributed by atoms with van der Waals surface area (Å²) in [6.07, 6.45) is 1.73. The van der Waals surface area contributed by atoms with Gasteiger partial charge in [0.25, 0.3) is 0 Å². The van der Waals surface area contributed by atoms with E-state index < -0.39 is 0 Å². The molecule has 1 N–H and O–H groups in total. The molecule has 0 aliphatic heterocycles. The quantitative estimate of drug-likeness (QED) is 0.164. The smallest absolute Gasteiger partial charge is 0.125 e. The molecule has 2 heterocycles. The molecule has 148 valence electrons. The van der Waals surface area contributed by atoms with Crippen molar-refractivity contribution in [3.8, 4) is 17.0 Å². The Morgan fingerprint density at radius 3 is 2.79 bits per heavy atom. The highest BCUT2D eigenvalue weighted by molar-refractivity contribution is 14.2. The van der Waals surface area contributed by atoms with Gasteiger partial charge in [-0.3, -0.25) is 0 Å². The second-order valence-corrected chi connectivity index (χ2v) is 8.86. The zero-order valence-electron chi connectivity index (χ0n) is 14.9. The first-order valence-corrected chi connectivity index (χ1v) is 15.6. The van der Waals surface area contributed by atoms with E-state index in [9.17, 15) is 0 Å². The largest absolute Gasteiger partial charge is 0.491 e. The van der Waals surface area contributed by atoms with Gasteiger partial charge in [-0.1, -0.05) is 6.07 Å². The van der Waals surface area contributed by atoms with Crippen LogP contribution in [-0.2, 0) is 8.71 Å². The van der Waals surface area contributed by atoms with Crippen LogP contribution in [0.2, 0.25) is 0 Å². The fourth-order valence-electron chi connectivity index (χ4n) is 2.52. The van der Waals surface area contributed by atoms with E-state index in [1.165, 1.54) is 9.21 Å². The summed E-state index contributed by atoms with van der Waals surface area (Å²) in [5, 5.41) is 4.04. The number of aromatic nitrogens is 2. The zero-order chi connectivity index (χ0) is 19.8. The average molecular weight is 641 g/mol. The molecule has 2 atom stereocenters. The van der Waals surface area contributed by atoms with E-state index in [-0.39, 0.29) is 6.10 Å². The molecule has 0 aliphatic carbocycles. The van der Waals surface area contributed by atoms with Gasteiger partial charge in [0.2, 0.25) is 0 Å². The predicted octanol–water partition coefficient (Wildman–Crippen LogP) is 6.06. The number of ether oxygens (including phenoxy) is 1. The first kappa shape index (κ1) is 22.2. The SMILES string of the molecule is CNc1ccc(-c2ccc3cc(OCC(COSI)OPI)ccc3n2)cn1. The molecule has 2 unspecified atom stereocenters. The van der Waals surface area contributed by atoms with Gasteiger partial charge in [0.05, 0.1) is 33.5 Å². The lowest BCUT2D eigenvalue weighted by atomic mass is 10.1. The van der Waals surface area contributed by atoms with Crippen LogP contribution in [0.15, 0.2) is 48.7 Å². The number of anilines is 1. The van der Waals surface area contributed by atoms with Crippen molar-refractivity contribution >= 4 is 75.6 Å². The highest BCUT2D eigenvalue weighted by Crippen LogP contribution is 2.27. The Hall–Kier alpha value is -0.460. The molecule has 10 heteroatoms. The minimum absolute atomic E-state index is 0.0956. The maximum absolute atomic E-state index is 5.91. The third-order valence-electron chi connectivity index (χ3n) is 3.92. The molecule has 0 aliphatic rings. The van der Waals surface area contributed by atoms with Gasteiger partial charge in [-0.15, -0.1) is 0 Å². The number of fused-ring (bicyclic) bond motifs is 1. The molecule has 0 spiro atoms. The van der Waals surface area contributed by atoms with Crippen LogP contribution in [0.1, 0.15) is 0 Å². The average Bonchev–Trinajstić information content (AvgIpc) is 2.75. The van der Waals surface area contributed by atoms with Crippen molar-refractivity contribution in [2.45, 2.75) is 6.10 Å². The maximum Gasteiger partial charge on any atom is 0.125 e. The number of benzene rings is 1. The van der Waals surface area contributed by atoms with Crippen LogP contribution in [-0.4, -0.2) is 36.3 Å². The van der Waals surface area contributed by atoms with E-state index in [1.807, 2.05) is 55.7 Å². The first-order valence-electron chi connectivity index (χ1n) is 8.32. The second-order valence-electron chi connectivity index (χ2n) is 5.71. The summed E-state index contributed by atoms with van der Waals surface area (Å²) in [7, 11) is 3.15. The molecule has 28 heavy (non-hydrogen) atoms. The fraction of sp³-hybridized carbons (Fsp3) is 0.222. The Balaban J connectivity index is 1.71. The topological polar surface area (TPSA) is 65.5 Å². The van der Waals surface area contributed by atoms with Crippen molar-refractivity contribution in [2.75, 3.05) is 25.6 Å². The van der Waals surface area contributed by atoms with Crippen molar-refractivity contribution in [3.63, 3.8) is 0 Å². The van der Waals surface area contributed by atoms with Crippen LogP contribution in [0.5, 0.6) is 5.75 Å². The van der Waals surface area contributed by atoms with E-state index >= 15 is 0 Å². The number of pyridine rings is 2. The minimum Gasteiger partial charge on any atom is -0.491 e. The Bertz CT molecular complexity index is 905. The summed E-state index contributed by atoms with van der Waals surface area (Å²) in [6, 6.07) is 13.9. The lowest BCUT2D eigenvalue weighted by Gasteiger charge is -2.16. The van der Waals surface area contributed by atoms with Crippen molar-refractivity contribution in [2.24, 2.45) is 0 Å². The van der Waals surface area contributed by atoms with Crippen LogP contribution in [0.3, 0.4) is 0 Å². The zero-order valence-corrected chi connectivity index (χ0v) is 21.0. The van der Waals surface area contributed by atoms with Gasteiger partial charge in [-0.25, -0.2) is 9.97 Å². The predicted molar refractivity (Wildman–Crippen MR) is 135 cm³/mol. The summed E-state index contributed by atoms with van der Waals surface area (Å²) in [5.74, 6) is 1.62. The van der Waals surface area contributed by atoms with Gasteiger partial charge in [0.1, 0.15) is 24.3 Å². The second kappa shape index (κ2) is 11.7. The number of hydrogen-bond donors (Lipinski definition) is 1. The first-order chi connectivity index (χ1) is 13.7. The van der Waals surface area contributed by atoms with Gasteiger partial charge < -0.3 is 18.8 Å². The van der Waals surface area contributed by atoms with Crippen LogP contribution in [0, 0.1) is 0 Å². The van der Waals surface area contributed by atoms with E-state index in [4.69, 9.17) is 18.4 Å². The van der Waals surface area contributed by atoms with Crippen LogP contribution in [0.25, 0.3) is 22.2 Å². The summed E-state index contributed by atoms with van der Waals surface area (Å²) in [5.41, 5.74) is 2.78. The van der Waals surface area contributed by atoms with E-state index in [0.717, 1.165) is 33.7 Å². The van der Waals surface area contributed by atoms with Crippen molar-refractivity contribution in [3.05, 3.63) is 48.7 Å². The lowest BCUT2D eigenvalue weighted by Crippen LogP contribution is -2.23. The van der Waals surface area contributed by atoms with Crippen LogP contribution >= 0.6 is 58.9 Å². The molecule has 6 nitrogen and oxygen atoms in total.